The quantitative estimate of drug-likeness (QED) is 0.416. The van der Waals surface area contributed by atoms with Crippen LogP contribution in [0.25, 0.3) is 17.4 Å². The molecule has 0 radical (unpaired) electrons. The fourth-order valence-corrected chi connectivity index (χ4v) is 3.76. The molecule has 0 bridgehead atoms. The van der Waals surface area contributed by atoms with E-state index in [2.05, 4.69) is 5.32 Å². The standard InChI is InChI=1S/C19H18ClNO3S2/c20-14-4-1-3-13(9-14)18-7-6-15(24-18)10-17(12-22)26-19(25)21-11-16-5-2-8-23-16/h1,3-4,6-7,9-10,12,16H,2,5,8,11H2,(H,21,25)/b17-10-. The number of rotatable bonds is 6. The highest BCUT2D eigenvalue weighted by atomic mass is 35.5. The lowest BCUT2D eigenvalue weighted by atomic mass is 10.2. The number of thioether (sulfide) groups is 1. The molecule has 3 rings (SSSR count). The van der Waals surface area contributed by atoms with Gasteiger partial charge in [-0.3, -0.25) is 4.79 Å². The fraction of sp³-hybridized carbons (Fsp3) is 0.263. The summed E-state index contributed by atoms with van der Waals surface area (Å²) in [5.41, 5.74) is 0.881. The van der Waals surface area contributed by atoms with Gasteiger partial charge in [0.1, 0.15) is 15.8 Å². The van der Waals surface area contributed by atoms with E-state index in [1.807, 2.05) is 30.3 Å². The van der Waals surface area contributed by atoms with Crippen molar-refractivity contribution in [3.8, 4) is 11.3 Å². The summed E-state index contributed by atoms with van der Waals surface area (Å²) in [6.07, 6.45) is 4.76. The second-order valence-corrected chi connectivity index (χ2v) is 7.97. The predicted molar refractivity (Wildman–Crippen MR) is 110 cm³/mol. The molecule has 136 valence electrons. The van der Waals surface area contributed by atoms with Gasteiger partial charge in [-0.05, 0) is 43.2 Å². The van der Waals surface area contributed by atoms with Crippen LogP contribution in [-0.2, 0) is 9.53 Å². The van der Waals surface area contributed by atoms with E-state index in [9.17, 15) is 4.79 Å². The van der Waals surface area contributed by atoms with Crippen LogP contribution in [0.3, 0.4) is 0 Å². The molecule has 0 saturated carbocycles. The Balaban J connectivity index is 1.61. The van der Waals surface area contributed by atoms with E-state index in [1.54, 1.807) is 12.1 Å². The van der Waals surface area contributed by atoms with Crippen LogP contribution in [0.4, 0.5) is 0 Å². The molecule has 0 aliphatic carbocycles. The highest BCUT2D eigenvalue weighted by molar-refractivity contribution is 8.26. The van der Waals surface area contributed by atoms with Crippen molar-refractivity contribution in [1.82, 2.24) is 5.32 Å². The molecule has 1 aliphatic rings. The number of allylic oxidation sites excluding steroid dienone is 1. The van der Waals surface area contributed by atoms with Crippen molar-refractivity contribution in [2.75, 3.05) is 13.2 Å². The zero-order chi connectivity index (χ0) is 18.4. The molecule has 0 spiro atoms. The molecule has 2 heterocycles. The maximum atomic E-state index is 11.4. The SMILES string of the molecule is O=C/C(=C/c1ccc(-c2cccc(Cl)c2)o1)SC(=S)NCC1CCCO1. The Labute approximate surface area is 166 Å². The Morgan fingerprint density at radius 1 is 1.38 bits per heavy atom. The van der Waals surface area contributed by atoms with Crippen LogP contribution in [-0.4, -0.2) is 29.9 Å². The van der Waals surface area contributed by atoms with Crippen LogP contribution >= 0.6 is 35.6 Å². The van der Waals surface area contributed by atoms with Crippen LogP contribution in [0, 0.1) is 0 Å². The van der Waals surface area contributed by atoms with E-state index in [0.717, 1.165) is 31.3 Å². The van der Waals surface area contributed by atoms with Crippen molar-refractivity contribution >= 4 is 52.3 Å². The first-order valence-electron chi connectivity index (χ1n) is 8.24. The van der Waals surface area contributed by atoms with E-state index in [4.69, 9.17) is 33.0 Å². The summed E-state index contributed by atoms with van der Waals surface area (Å²) in [6.45, 7) is 1.47. The third-order valence-electron chi connectivity index (χ3n) is 3.85. The minimum absolute atomic E-state index is 0.197. The molecule has 1 aromatic carbocycles. The number of hydrogen-bond acceptors (Lipinski definition) is 5. The molecule has 26 heavy (non-hydrogen) atoms. The largest absolute Gasteiger partial charge is 0.457 e. The highest BCUT2D eigenvalue weighted by Crippen LogP contribution is 2.27. The van der Waals surface area contributed by atoms with E-state index < -0.39 is 0 Å². The van der Waals surface area contributed by atoms with Crippen molar-refractivity contribution in [3.63, 3.8) is 0 Å². The van der Waals surface area contributed by atoms with Crippen molar-refractivity contribution in [2.24, 2.45) is 0 Å². The lowest BCUT2D eigenvalue weighted by Gasteiger charge is -2.11. The number of carbonyl (C=O) groups excluding carboxylic acids is 1. The number of thiocarbonyl (C=S) groups is 1. The number of carbonyl (C=O) groups is 1. The molecule has 7 heteroatoms. The summed E-state index contributed by atoms with van der Waals surface area (Å²) in [5.74, 6) is 1.27. The van der Waals surface area contributed by atoms with Gasteiger partial charge in [-0.15, -0.1) is 0 Å². The van der Waals surface area contributed by atoms with Crippen LogP contribution in [0.1, 0.15) is 18.6 Å². The first kappa shape index (κ1) is 19.2. The van der Waals surface area contributed by atoms with Gasteiger partial charge in [0.15, 0.2) is 6.29 Å². The summed E-state index contributed by atoms with van der Waals surface area (Å²) >= 11 is 12.5. The van der Waals surface area contributed by atoms with Gasteiger partial charge in [-0.1, -0.05) is 47.7 Å². The van der Waals surface area contributed by atoms with Crippen LogP contribution in [0.5, 0.6) is 0 Å². The van der Waals surface area contributed by atoms with E-state index >= 15 is 0 Å². The zero-order valence-electron chi connectivity index (χ0n) is 13.9. The summed E-state index contributed by atoms with van der Waals surface area (Å²) in [5, 5.41) is 3.78. The van der Waals surface area contributed by atoms with Crippen LogP contribution < -0.4 is 5.32 Å². The molecule has 1 aromatic heterocycles. The minimum atomic E-state index is 0.197. The Hall–Kier alpha value is -1.60. The third-order valence-corrected chi connectivity index (χ3v) is 5.25. The fourth-order valence-electron chi connectivity index (χ4n) is 2.60. The number of aldehydes is 1. The maximum absolute atomic E-state index is 11.4. The van der Waals surface area contributed by atoms with Gasteiger partial charge in [-0.25, -0.2) is 0 Å². The molecular weight excluding hydrogens is 390 g/mol. The summed E-state index contributed by atoms with van der Waals surface area (Å²) in [4.78, 5) is 11.8. The minimum Gasteiger partial charge on any atom is -0.457 e. The number of benzene rings is 1. The van der Waals surface area contributed by atoms with E-state index in [-0.39, 0.29) is 6.10 Å². The van der Waals surface area contributed by atoms with Crippen LogP contribution in [0.15, 0.2) is 45.7 Å². The molecule has 0 amide bonds. The van der Waals surface area contributed by atoms with Gasteiger partial charge in [-0.2, -0.15) is 0 Å². The smallest absolute Gasteiger partial charge is 0.156 e. The van der Waals surface area contributed by atoms with Gasteiger partial charge < -0.3 is 14.5 Å². The molecular formula is C19H18ClNO3S2. The van der Waals surface area contributed by atoms with Crippen LogP contribution in [0.2, 0.25) is 5.02 Å². The Morgan fingerprint density at radius 3 is 3.00 bits per heavy atom. The summed E-state index contributed by atoms with van der Waals surface area (Å²) in [6, 6.07) is 11.1. The predicted octanol–water partition coefficient (Wildman–Crippen LogP) is 4.93. The van der Waals surface area contributed by atoms with E-state index in [1.165, 1.54) is 11.8 Å². The molecule has 4 nitrogen and oxygen atoms in total. The number of furan rings is 1. The molecule has 1 saturated heterocycles. The summed E-state index contributed by atoms with van der Waals surface area (Å²) in [7, 11) is 0. The Bertz CT molecular complexity index is 813. The second kappa shape index (κ2) is 9.37. The highest BCUT2D eigenvalue weighted by Gasteiger charge is 2.16. The monoisotopic (exact) mass is 407 g/mol. The third kappa shape index (κ3) is 5.45. The molecule has 1 unspecified atom stereocenters. The molecule has 1 aliphatic heterocycles. The van der Waals surface area contributed by atoms with E-state index in [0.29, 0.717) is 32.3 Å². The molecule has 2 aromatic rings. The van der Waals surface area contributed by atoms with Gasteiger partial charge >= 0.3 is 0 Å². The normalized spacial score (nSPS) is 17.3. The second-order valence-electron chi connectivity index (χ2n) is 5.78. The number of ether oxygens (including phenoxy) is 1. The number of nitrogens with one attached hydrogen (secondary N) is 1. The lowest BCUT2D eigenvalue weighted by Crippen LogP contribution is -2.28. The molecule has 1 atom stereocenters. The maximum Gasteiger partial charge on any atom is 0.156 e. The Kier molecular flexibility index (Phi) is 6.91. The van der Waals surface area contributed by atoms with Gasteiger partial charge in [0, 0.05) is 23.7 Å². The van der Waals surface area contributed by atoms with Crippen molar-refractivity contribution in [2.45, 2.75) is 18.9 Å². The van der Waals surface area contributed by atoms with Crippen molar-refractivity contribution in [1.29, 1.82) is 0 Å². The topological polar surface area (TPSA) is 51.5 Å². The summed E-state index contributed by atoms with van der Waals surface area (Å²) < 4.78 is 11.9. The van der Waals surface area contributed by atoms with Crippen molar-refractivity contribution in [3.05, 3.63) is 52.1 Å². The van der Waals surface area contributed by atoms with Gasteiger partial charge in [0.2, 0.25) is 0 Å². The number of halogens is 1. The first-order valence-corrected chi connectivity index (χ1v) is 9.84. The number of hydrogen-bond donors (Lipinski definition) is 1. The molecule has 1 fully saturated rings. The van der Waals surface area contributed by atoms with Crippen molar-refractivity contribution < 1.29 is 13.9 Å². The average Bonchev–Trinajstić information content (AvgIpc) is 3.31. The molecule has 1 N–H and O–H groups in total. The lowest BCUT2D eigenvalue weighted by molar-refractivity contribution is -0.104. The Morgan fingerprint density at radius 2 is 2.27 bits per heavy atom. The van der Waals surface area contributed by atoms with Gasteiger partial charge in [0.25, 0.3) is 0 Å². The zero-order valence-corrected chi connectivity index (χ0v) is 16.3. The first-order chi connectivity index (χ1) is 12.6. The van der Waals surface area contributed by atoms with Gasteiger partial charge in [0.05, 0.1) is 11.0 Å². The average molecular weight is 408 g/mol.